The van der Waals surface area contributed by atoms with E-state index in [4.69, 9.17) is 14.2 Å². The first-order valence-corrected chi connectivity index (χ1v) is 10.5. The van der Waals surface area contributed by atoms with Crippen molar-refractivity contribution in [3.05, 3.63) is 48.0 Å². The highest BCUT2D eigenvalue weighted by atomic mass is 32.2. The van der Waals surface area contributed by atoms with Gasteiger partial charge in [0.25, 0.3) is 5.91 Å². The summed E-state index contributed by atoms with van der Waals surface area (Å²) >= 11 is 1.33. The first-order chi connectivity index (χ1) is 14.2. The number of hydrogen-bond donors (Lipinski definition) is 2. The predicted molar refractivity (Wildman–Crippen MR) is 110 cm³/mol. The van der Waals surface area contributed by atoms with Crippen LogP contribution in [-0.4, -0.2) is 43.6 Å². The van der Waals surface area contributed by atoms with E-state index in [2.05, 4.69) is 10.6 Å². The minimum atomic E-state index is -0.163. The van der Waals surface area contributed by atoms with E-state index in [9.17, 15) is 9.59 Å². The summed E-state index contributed by atoms with van der Waals surface area (Å²) in [7, 11) is 0. The summed E-state index contributed by atoms with van der Waals surface area (Å²) in [6.45, 7) is 1.45. The van der Waals surface area contributed by atoms with Crippen LogP contribution in [0.3, 0.4) is 0 Å². The molecule has 2 aromatic carbocycles. The second kappa shape index (κ2) is 9.19. The highest BCUT2D eigenvalue weighted by molar-refractivity contribution is 8.00. The molecule has 2 aliphatic heterocycles. The van der Waals surface area contributed by atoms with Crippen LogP contribution < -0.4 is 20.1 Å². The fourth-order valence-electron chi connectivity index (χ4n) is 3.20. The number of anilines is 1. The maximum absolute atomic E-state index is 12.6. The molecule has 8 heteroatoms. The largest absolute Gasteiger partial charge is 0.454 e. The molecule has 4 rings (SSSR count). The molecule has 152 valence electrons. The summed E-state index contributed by atoms with van der Waals surface area (Å²) in [6, 6.07) is 12.5. The minimum Gasteiger partial charge on any atom is -0.454 e. The molecule has 1 atom stereocenters. The van der Waals surface area contributed by atoms with E-state index in [1.54, 1.807) is 24.3 Å². The van der Waals surface area contributed by atoms with Crippen LogP contribution in [0.15, 0.2) is 47.4 Å². The Bertz CT molecular complexity index is 898. The number of carbonyl (C=O) groups is 2. The van der Waals surface area contributed by atoms with Gasteiger partial charge < -0.3 is 24.8 Å². The van der Waals surface area contributed by atoms with E-state index < -0.39 is 0 Å². The molecule has 29 heavy (non-hydrogen) atoms. The Morgan fingerprint density at radius 3 is 2.83 bits per heavy atom. The van der Waals surface area contributed by atoms with Gasteiger partial charge in [-0.3, -0.25) is 9.59 Å². The lowest BCUT2D eigenvalue weighted by Gasteiger charge is -2.13. The van der Waals surface area contributed by atoms with Crippen molar-refractivity contribution in [2.75, 3.05) is 31.0 Å². The third kappa shape index (κ3) is 5.02. The number of carbonyl (C=O) groups excluding carboxylic acids is 2. The van der Waals surface area contributed by atoms with E-state index in [0.717, 1.165) is 24.3 Å². The molecule has 1 fully saturated rings. The van der Waals surface area contributed by atoms with Crippen LogP contribution in [-0.2, 0) is 9.53 Å². The molecule has 2 N–H and O–H groups in total. The van der Waals surface area contributed by atoms with Gasteiger partial charge in [-0.2, -0.15) is 0 Å². The Morgan fingerprint density at radius 1 is 1.10 bits per heavy atom. The van der Waals surface area contributed by atoms with Crippen LogP contribution in [0.4, 0.5) is 5.69 Å². The van der Waals surface area contributed by atoms with Gasteiger partial charge in [-0.1, -0.05) is 12.1 Å². The maximum atomic E-state index is 12.6. The maximum Gasteiger partial charge on any atom is 0.252 e. The predicted octanol–water partition coefficient (Wildman–Crippen LogP) is 3.05. The van der Waals surface area contributed by atoms with Gasteiger partial charge in [-0.15, -0.1) is 11.8 Å². The van der Waals surface area contributed by atoms with E-state index in [1.807, 2.05) is 18.2 Å². The second-order valence-corrected chi connectivity index (χ2v) is 7.76. The number of rotatable bonds is 7. The third-order valence-corrected chi connectivity index (χ3v) is 5.73. The topological polar surface area (TPSA) is 85.9 Å². The average molecular weight is 414 g/mol. The average Bonchev–Trinajstić information content (AvgIpc) is 3.42. The Labute approximate surface area is 173 Å². The van der Waals surface area contributed by atoms with Crippen molar-refractivity contribution >= 4 is 29.3 Å². The molecule has 0 radical (unpaired) electrons. The van der Waals surface area contributed by atoms with Gasteiger partial charge >= 0.3 is 0 Å². The Balaban J connectivity index is 1.32. The Morgan fingerprint density at radius 2 is 1.97 bits per heavy atom. The van der Waals surface area contributed by atoms with Gasteiger partial charge in [0.1, 0.15) is 0 Å². The van der Waals surface area contributed by atoms with Crippen LogP contribution >= 0.6 is 11.8 Å². The number of ether oxygens (including phenoxy) is 3. The van der Waals surface area contributed by atoms with Crippen LogP contribution in [0, 0.1) is 0 Å². The summed E-state index contributed by atoms with van der Waals surface area (Å²) in [5, 5.41) is 5.77. The van der Waals surface area contributed by atoms with Crippen molar-refractivity contribution in [1.29, 1.82) is 0 Å². The van der Waals surface area contributed by atoms with Crippen LogP contribution in [0.1, 0.15) is 23.2 Å². The molecule has 1 unspecified atom stereocenters. The van der Waals surface area contributed by atoms with Gasteiger partial charge in [0.2, 0.25) is 12.7 Å². The number of hydrogen-bond acceptors (Lipinski definition) is 6. The molecule has 0 aliphatic carbocycles. The van der Waals surface area contributed by atoms with Gasteiger partial charge in [0.15, 0.2) is 11.5 Å². The van der Waals surface area contributed by atoms with Gasteiger partial charge in [0, 0.05) is 29.8 Å². The van der Waals surface area contributed by atoms with Crippen molar-refractivity contribution < 1.29 is 23.8 Å². The Kier molecular flexibility index (Phi) is 6.21. The summed E-state index contributed by atoms with van der Waals surface area (Å²) in [6.07, 6.45) is 2.09. The number of fused-ring (bicyclic) bond motifs is 1. The minimum absolute atomic E-state index is 0.0891. The summed E-state index contributed by atoms with van der Waals surface area (Å²) < 4.78 is 16.1. The lowest BCUT2D eigenvalue weighted by atomic mass is 10.2. The fraction of sp³-hybridized carbons (Fsp3) is 0.333. The zero-order valence-corrected chi connectivity index (χ0v) is 16.6. The first-order valence-electron chi connectivity index (χ1n) is 9.50. The summed E-state index contributed by atoms with van der Waals surface area (Å²) in [5.74, 6) is 1.15. The smallest absolute Gasteiger partial charge is 0.252 e. The van der Waals surface area contributed by atoms with Gasteiger partial charge in [-0.25, -0.2) is 0 Å². The van der Waals surface area contributed by atoms with Crippen LogP contribution in [0.25, 0.3) is 0 Å². The lowest BCUT2D eigenvalue weighted by molar-refractivity contribution is -0.113. The standard InChI is InChI=1S/C21H22N2O5S/c24-20(23-14-7-8-17-18(10-14)28-13-27-17)12-29-19-6-2-1-5-16(19)21(25)22-11-15-4-3-9-26-15/h1-2,5-8,10,15H,3-4,9,11-13H2,(H,22,25)(H,23,24). The van der Waals surface area contributed by atoms with E-state index in [1.165, 1.54) is 11.8 Å². The Hall–Kier alpha value is -2.71. The van der Waals surface area contributed by atoms with Crippen molar-refractivity contribution in [2.45, 2.75) is 23.8 Å². The number of amides is 2. The van der Waals surface area contributed by atoms with Crippen molar-refractivity contribution in [3.8, 4) is 11.5 Å². The van der Waals surface area contributed by atoms with Crippen molar-refractivity contribution in [3.63, 3.8) is 0 Å². The molecular formula is C21H22N2O5S. The second-order valence-electron chi connectivity index (χ2n) is 6.75. The van der Waals surface area contributed by atoms with Crippen LogP contribution in [0.5, 0.6) is 11.5 Å². The molecule has 2 amide bonds. The normalized spacial score (nSPS) is 17.2. The number of benzene rings is 2. The molecule has 2 heterocycles. The van der Waals surface area contributed by atoms with Crippen molar-refractivity contribution in [1.82, 2.24) is 5.32 Å². The van der Waals surface area contributed by atoms with E-state index >= 15 is 0 Å². The molecule has 0 spiro atoms. The SMILES string of the molecule is O=C(CSc1ccccc1C(=O)NCC1CCCO1)Nc1ccc2c(c1)OCO2. The molecule has 7 nitrogen and oxygen atoms in total. The monoisotopic (exact) mass is 414 g/mol. The fourth-order valence-corrected chi connectivity index (χ4v) is 4.05. The molecular weight excluding hydrogens is 392 g/mol. The third-order valence-electron chi connectivity index (χ3n) is 4.66. The zero-order valence-electron chi connectivity index (χ0n) is 15.8. The van der Waals surface area contributed by atoms with E-state index in [0.29, 0.717) is 29.3 Å². The van der Waals surface area contributed by atoms with Gasteiger partial charge in [-0.05, 0) is 37.1 Å². The quantitative estimate of drug-likeness (QED) is 0.678. The van der Waals surface area contributed by atoms with Gasteiger partial charge in [0.05, 0.1) is 17.4 Å². The lowest BCUT2D eigenvalue weighted by Crippen LogP contribution is -2.32. The number of nitrogens with one attached hydrogen (secondary N) is 2. The highest BCUT2D eigenvalue weighted by Gasteiger charge is 2.19. The highest BCUT2D eigenvalue weighted by Crippen LogP contribution is 2.34. The van der Waals surface area contributed by atoms with Crippen molar-refractivity contribution in [2.24, 2.45) is 0 Å². The molecule has 2 aromatic rings. The molecule has 1 saturated heterocycles. The first kappa shape index (κ1) is 19.6. The molecule has 2 aliphatic rings. The summed E-state index contributed by atoms with van der Waals surface area (Å²) in [4.78, 5) is 25.7. The molecule has 0 saturated carbocycles. The number of thioether (sulfide) groups is 1. The zero-order chi connectivity index (χ0) is 20.1. The molecule has 0 aromatic heterocycles. The molecule has 0 bridgehead atoms. The van der Waals surface area contributed by atoms with E-state index in [-0.39, 0.29) is 30.5 Å². The summed E-state index contributed by atoms with van der Waals surface area (Å²) in [5.41, 5.74) is 1.20. The van der Waals surface area contributed by atoms with Crippen LogP contribution in [0.2, 0.25) is 0 Å².